The molecular weight excluding hydrogens is 457 g/mol. The summed E-state index contributed by atoms with van der Waals surface area (Å²) in [5.74, 6) is 2.58. The number of nitrogens with zero attached hydrogens (tertiary/aromatic N) is 1. The number of hydrogen-bond acceptors (Lipinski definition) is 4. The molecule has 0 radical (unpaired) electrons. The van der Waals surface area contributed by atoms with Crippen molar-refractivity contribution in [3.8, 4) is 11.5 Å². The number of benzene rings is 1. The predicted molar refractivity (Wildman–Crippen MR) is 116 cm³/mol. The Kier molecular flexibility index (Phi) is 6.40. The minimum atomic E-state index is -0.114. The molecular formula is C20H30IN3O3. The number of rotatable bonds is 6. The summed E-state index contributed by atoms with van der Waals surface area (Å²) in [5.41, 5.74) is 1.37. The number of halogens is 1. The SMILES string of the molecule is CCNC(=NCC1(C)CCCO1)NCC1(c2ccc3c(c2)OCO3)CC1.I. The van der Waals surface area contributed by atoms with Gasteiger partial charge in [-0.25, -0.2) is 0 Å². The largest absolute Gasteiger partial charge is 0.454 e. The van der Waals surface area contributed by atoms with E-state index in [1.165, 1.54) is 18.4 Å². The Morgan fingerprint density at radius 2 is 1.96 bits per heavy atom. The molecule has 1 saturated carbocycles. The van der Waals surface area contributed by atoms with Crippen LogP contribution in [0.25, 0.3) is 0 Å². The van der Waals surface area contributed by atoms with Crippen molar-refractivity contribution in [2.45, 2.75) is 50.5 Å². The van der Waals surface area contributed by atoms with Gasteiger partial charge in [-0.3, -0.25) is 4.99 Å². The summed E-state index contributed by atoms with van der Waals surface area (Å²) in [4.78, 5) is 4.77. The van der Waals surface area contributed by atoms with Gasteiger partial charge < -0.3 is 24.8 Å². The maximum Gasteiger partial charge on any atom is 0.231 e. The lowest BCUT2D eigenvalue weighted by Gasteiger charge is -2.23. The number of aliphatic imine (C=N–C) groups is 1. The molecule has 1 atom stereocenters. The molecule has 2 fully saturated rings. The van der Waals surface area contributed by atoms with Gasteiger partial charge >= 0.3 is 0 Å². The van der Waals surface area contributed by atoms with E-state index < -0.39 is 0 Å². The lowest BCUT2D eigenvalue weighted by atomic mass is 9.95. The summed E-state index contributed by atoms with van der Waals surface area (Å²) in [6.07, 6.45) is 4.57. The topological polar surface area (TPSA) is 64.1 Å². The van der Waals surface area contributed by atoms with Gasteiger partial charge in [0, 0.05) is 25.1 Å². The fourth-order valence-corrected chi connectivity index (χ4v) is 3.75. The standard InChI is InChI=1S/C20H29N3O3.HI/c1-3-21-18(22-12-19(2)7-4-10-26-19)23-13-20(8-9-20)15-5-6-16-17(11-15)25-14-24-16;/h5-6,11H,3-4,7-10,12-14H2,1-2H3,(H2,21,22,23);1H. The molecule has 1 aliphatic carbocycles. The first-order chi connectivity index (χ1) is 12.6. The zero-order valence-corrected chi connectivity index (χ0v) is 18.5. The average molecular weight is 487 g/mol. The lowest BCUT2D eigenvalue weighted by molar-refractivity contribution is 0.0283. The highest BCUT2D eigenvalue weighted by molar-refractivity contribution is 14.0. The van der Waals surface area contributed by atoms with E-state index in [2.05, 4.69) is 36.6 Å². The maximum absolute atomic E-state index is 5.85. The summed E-state index contributed by atoms with van der Waals surface area (Å²) in [6, 6.07) is 6.32. The van der Waals surface area contributed by atoms with Crippen LogP contribution >= 0.6 is 24.0 Å². The van der Waals surface area contributed by atoms with Crippen molar-refractivity contribution in [3.63, 3.8) is 0 Å². The highest BCUT2D eigenvalue weighted by atomic mass is 127. The van der Waals surface area contributed by atoms with Crippen molar-refractivity contribution in [2.75, 3.05) is 33.0 Å². The molecule has 1 aromatic carbocycles. The van der Waals surface area contributed by atoms with E-state index in [0.29, 0.717) is 13.3 Å². The Hall–Kier alpha value is -1.22. The van der Waals surface area contributed by atoms with Gasteiger partial charge in [0.25, 0.3) is 0 Å². The van der Waals surface area contributed by atoms with E-state index in [9.17, 15) is 0 Å². The summed E-state index contributed by atoms with van der Waals surface area (Å²) in [6.45, 7) is 7.83. The molecule has 150 valence electrons. The highest BCUT2D eigenvalue weighted by Gasteiger charge is 2.45. The number of hydrogen-bond donors (Lipinski definition) is 2. The van der Waals surface area contributed by atoms with Gasteiger partial charge in [0.1, 0.15) is 0 Å². The smallest absolute Gasteiger partial charge is 0.231 e. The second-order valence-electron chi connectivity index (χ2n) is 7.80. The zero-order chi connectivity index (χ0) is 18.0. The number of ether oxygens (including phenoxy) is 3. The van der Waals surface area contributed by atoms with Crippen molar-refractivity contribution in [1.29, 1.82) is 0 Å². The van der Waals surface area contributed by atoms with Gasteiger partial charge in [0.15, 0.2) is 17.5 Å². The molecule has 7 heteroatoms. The Morgan fingerprint density at radius 1 is 1.15 bits per heavy atom. The number of guanidine groups is 1. The predicted octanol–water partition coefficient (Wildman–Crippen LogP) is 3.19. The van der Waals surface area contributed by atoms with Gasteiger partial charge in [-0.2, -0.15) is 0 Å². The van der Waals surface area contributed by atoms with Gasteiger partial charge in [0.05, 0.1) is 12.1 Å². The van der Waals surface area contributed by atoms with Crippen molar-refractivity contribution in [3.05, 3.63) is 23.8 Å². The Bertz CT molecular complexity index is 685. The van der Waals surface area contributed by atoms with Gasteiger partial charge in [-0.15, -0.1) is 24.0 Å². The highest BCUT2D eigenvalue weighted by Crippen LogP contribution is 2.49. The van der Waals surface area contributed by atoms with Crippen LogP contribution < -0.4 is 20.1 Å². The molecule has 0 bridgehead atoms. The van der Waals surface area contributed by atoms with Crippen LogP contribution in [0.2, 0.25) is 0 Å². The van der Waals surface area contributed by atoms with E-state index >= 15 is 0 Å². The fraction of sp³-hybridized carbons (Fsp3) is 0.650. The fourth-order valence-electron chi connectivity index (χ4n) is 3.75. The monoisotopic (exact) mass is 487 g/mol. The minimum absolute atomic E-state index is 0. The molecule has 0 aromatic heterocycles. The van der Waals surface area contributed by atoms with E-state index in [4.69, 9.17) is 19.2 Å². The van der Waals surface area contributed by atoms with Crippen molar-refractivity contribution >= 4 is 29.9 Å². The zero-order valence-electron chi connectivity index (χ0n) is 16.2. The molecule has 2 heterocycles. The number of fused-ring (bicyclic) bond motifs is 1. The molecule has 4 rings (SSSR count). The Balaban J connectivity index is 0.00000210. The van der Waals surface area contributed by atoms with Crippen molar-refractivity contribution < 1.29 is 14.2 Å². The van der Waals surface area contributed by atoms with Crippen LogP contribution in [-0.4, -0.2) is 44.6 Å². The van der Waals surface area contributed by atoms with Gasteiger partial charge in [-0.1, -0.05) is 6.07 Å². The first kappa shape index (κ1) is 20.5. The molecule has 2 aliphatic heterocycles. The van der Waals surface area contributed by atoms with E-state index in [1.54, 1.807) is 0 Å². The van der Waals surface area contributed by atoms with Crippen LogP contribution in [0.1, 0.15) is 45.1 Å². The van der Waals surface area contributed by atoms with Crippen LogP contribution in [0.4, 0.5) is 0 Å². The summed E-state index contributed by atoms with van der Waals surface area (Å²) in [7, 11) is 0. The first-order valence-electron chi connectivity index (χ1n) is 9.69. The molecule has 1 saturated heterocycles. The van der Waals surface area contributed by atoms with E-state index in [-0.39, 0.29) is 35.0 Å². The Morgan fingerprint density at radius 3 is 2.67 bits per heavy atom. The third-order valence-electron chi connectivity index (χ3n) is 5.65. The van der Waals surface area contributed by atoms with E-state index in [1.807, 2.05) is 6.07 Å². The molecule has 27 heavy (non-hydrogen) atoms. The van der Waals surface area contributed by atoms with Crippen LogP contribution in [-0.2, 0) is 10.2 Å². The number of nitrogens with one attached hydrogen (secondary N) is 2. The van der Waals surface area contributed by atoms with Gasteiger partial charge in [-0.05, 0) is 57.2 Å². The molecule has 0 amide bonds. The molecule has 3 aliphatic rings. The summed E-state index contributed by atoms with van der Waals surface area (Å²) < 4.78 is 16.8. The third kappa shape index (κ3) is 4.62. The second kappa shape index (κ2) is 8.43. The normalized spacial score (nSPS) is 25.0. The summed E-state index contributed by atoms with van der Waals surface area (Å²) >= 11 is 0. The molecule has 0 spiro atoms. The van der Waals surface area contributed by atoms with Crippen LogP contribution in [0.3, 0.4) is 0 Å². The van der Waals surface area contributed by atoms with Crippen LogP contribution in [0, 0.1) is 0 Å². The molecule has 6 nitrogen and oxygen atoms in total. The molecule has 2 N–H and O–H groups in total. The van der Waals surface area contributed by atoms with Crippen molar-refractivity contribution in [1.82, 2.24) is 10.6 Å². The average Bonchev–Trinajstić information content (AvgIpc) is 3.08. The van der Waals surface area contributed by atoms with Crippen LogP contribution in [0.5, 0.6) is 11.5 Å². The van der Waals surface area contributed by atoms with Crippen LogP contribution in [0.15, 0.2) is 23.2 Å². The molecule has 1 unspecified atom stereocenters. The van der Waals surface area contributed by atoms with Gasteiger partial charge in [0.2, 0.25) is 6.79 Å². The summed E-state index contributed by atoms with van der Waals surface area (Å²) in [5, 5.41) is 6.90. The second-order valence-corrected chi connectivity index (χ2v) is 7.80. The third-order valence-corrected chi connectivity index (χ3v) is 5.65. The molecule has 1 aromatic rings. The lowest BCUT2D eigenvalue weighted by Crippen LogP contribution is -2.42. The first-order valence-corrected chi connectivity index (χ1v) is 9.69. The Labute approximate surface area is 178 Å². The quantitative estimate of drug-likeness (QED) is 0.367. The van der Waals surface area contributed by atoms with E-state index in [0.717, 1.165) is 50.0 Å². The minimum Gasteiger partial charge on any atom is -0.454 e. The maximum atomic E-state index is 5.85. The van der Waals surface area contributed by atoms with Crippen molar-refractivity contribution in [2.24, 2.45) is 4.99 Å².